The van der Waals surface area contributed by atoms with Gasteiger partial charge in [0, 0.05) is 17.9 Å². The van der Waals surface area contributed by atoms with Gasteiger partial charge in [-0.15, -0.1) is 0 Å². The number of hydrogen-bond donors (Lipinski definition) is 0. The Hall–Kier alpha value is -3.21. The summed E-state index contributed by atoms with van der Waals surface area (Å²) in [6.07, 6.45) is 0. The van der Waals surface area contributed by atoms with E-state index in [2.05, 4.69) is 0 Å². The minimum Gasteiger partial charge on any atom is -0.426 e. The van der Waals surface area contributed by atoms with Gasteiger partial charge in [-0.1, -0.05) is 36.4 Å². The zero-order valence-electron chi connectivity index (χ0n) is 12.2. The van der Waals surface area contributed by atoms with Gasteiger partial charge in [-0.2, -0.15) is 0 Å². The third kappa shape index (κ3) is 1.83. The second-order valence-corrected chi connectivity index (χ2v) is 5.39. The first kappa shape index (κ1) is 13.5. The molecule has 0 bridgehead atoms. The van der Waals surface area contributed by atoms with Crippen molar-refractivity contribution < 1.29 is 14.5 Å². The monoisotopic (exact) mass is 305 g/mol. The molecule has 5 nitrogen and oxygen atoms in total. The molecule has 0 fully saturated rings. The number of carbonyl (C=O) groups is 1. The van der Waals surface area contributed by atoms with Crippen molar-refractivity contribution in [2.45, 2.75) is 6.92 Å². The van der Waals surface area contributed by atoms with Crippen molar-refractivity contribution in [3.8, 4) is 28.0 Å². The smallest absolute Gasteiger partial charge is 0.308 e. The van der Waals surface area contributed by atoms with Crippen LogP contribution in [-0.4, -0.2) is 10.9 Å². The molecular formula is C18H11NO4. The van der Waals surface area contributed by atoms with Crippen LogP contribution in [0.25, 0.3) is 33.0 Å². The molecule has 3 aromatic carbocycles. The number of fused-ring (bicyclic) bond motifs is 3. The van der Waals surface area contributed by atoms with Gasteiger partial charge in [-0.3, -0.25) is 14.9 Å². The minimum atomic E-state index is -0.503. The molecule has 0 amide bonds. The number of benzene rings is 3. The van der Waals surface area contributed by atoms with E-state index in [-0.39, 0.29) is 11.4 Å². The van der Waals surface area contributed by atoms with E-state index in [1.54, 1.807) is 6.07 Å². The number of carbonyl (C=O) groups excluding carboxylic acids is 1. The van der Waals surface area contributed by atoms with Gasteiger partial charge in [0.2, 0.25) is 0 Å². The molecule has 0 spiro atoms. The first-order valence-corrected chi connectivity index (χ1v) is 7.10. The average molecular weight is 305 g/mol. The van der Waals surface area contributed by atoms with Crippen LogP contribution in [0.15, 0.2) is 48.5 Å². The first-order chi connectivity index (χ1) is 11.1. The average Bonchev–Trinajstić information content (AvgIpc) is 2.86. The summed E-state index contributed by atoms with van der Waals surface area (Å²) in [6.45, 7) is 1.29. The second-order valence-electron chi connectivity index (χ2n) is 5.39. The van der Waals surface area contributed by atoms with E-state index in [1.165, 1.54) is 13.0 Å². The summed E-state index contributed by atoms with van der Waals surface area (Å²) in [7, 11) is 0. The van der Waals surface area contributed by atoms with Crippen molar-refractivity contribution in [3.63, 3.8) is 0 Å². The maximum atomic E-state index is 11.4. The molecule has 0 saturated heterocycles. The van der Waals surface area contributed by atoms with E-state index in [0.29, 0.717) is 5.39 Å². The van der Waals surface area contributed by atoms with Crippen molar-refractivity contribution in [1.82, 2.24) is 0 Å². The van der Waals surface area contributed by atoms with Crippen LogP contribution in [0.2, 0.25) is 0 Å². The number of rotatable bonds is 2. The van der Waals surface area contributed by atoms with E-state index in [9.17, 15) is 14.9 Å². The molecule has 0 unspecified atom stereocenters. The van der Waals surface area contributed by atoms with Crippen LogP contribution in [0.3, 0.4) is 0 Å². The fourth-order valence-electron chi connectivity index (χ4n) is 3.25. The summed E-state index contributed by atoms with van der Waals surface area (Å²) in [4.78, 5) is 22.4. The fraction of sp³-hybridized carbons (Fsp3) is 0.0556. The fourth-order valence-corrected chi connectivity index (χ4v) is 3.25. The molecule has 0 heterocycles. The quantitative estimate of drug-likeness (QED) is 0.239. The highest BCUT2D eigenvalue weighted by atomic mass is 16.6. The molecule has 3 aromatic rings. The number of non-ortho nitro benzene ring substituents is 1. The zero-order valence-corrected chi connectivity index (χ0v) is 12.2. The van der Waals surface area contributed by atoms with Gasteiger partial charge in [0.25, 0.3) is 5.69 Å². The molecule has 1 aliphatic rings. The standard InChI is InChI=1S/C18H11NO4/c1-10(20)23-16-9-15(19(21)22)14-8-4-7-12-11-5-2-3-6-13(11)18(16)17(12)14/h2-9H,1H3. The van der Waals surface area contributed by atoms with Gasteiger partial charge < -0.3 is 4.74 Å². The second kappa shape index (κ2) is 4.64. The van der Waals surface area contributed by atoms with E-state index < -0.39 is 10.9 Å². The molecule has 0 aliphatic heterocycles. The third-order valence-corrected chi connectivity index (χ3v) is 4.04. The molecule has 5 heteroatoms. The Kier molecular flexibility index (Phi) is 2.72. The van der Waals surface area contributed by atoms with Crippen molar-refractivity contribution in [3.05, 3.63) is 58.6 Å². The third-order valence-electron chi connectivity index (χ3n) is 4.04. The highest BCUT2D eigenvalue weighted by Gasteiger charge is 2.29. The van der Waals surface area contributed by atoms with E-state index in [0.717, 1.165) is 27.6 Å². The maximum absolute atomic E-state index is 11.4. The molecule has 0 radical (unpaired) electrons. The Morgan fingerprint density at radius 1 is 1.04 bits per heavy atom. The molecule has 1 aliphatic carbocycles. The Morgan fingerprint density at radius 3 is 2.43 bits per heavy atom. The number of ether oxygens (including phenoxy) is 1. The van der Waals surface area contributed by atoms with Crippen molar-refractivity contribution in [1.29, 1.82) is 0 Å². The van der Waals surface area contributed by atoms with Gasteiger partial charge >= 0.3 is 5.97 Å². The van der Waals surface area contributed by atoms with Crippen LogP contribution < -0.4 is 4.74 Å². The number of nitrogens with zero attached hydrogens (tertiary/aromatic N) is 1. The van der Waals surface area contributed by atoms with Gasteiger partial charge in [0.15, 0.2) is 0 Å². The van der Waals surface area contributed by atoms with Crippen LogP contribution in [0.5, 0.6) is 5.75 Å². The summed E-state index contributed by atoms with van der Waals surface area (Å²) >= 11 is 0. The van der Waals surface area contributed by atoms with Crippen LogP contribution in [0.1, 0.15) is 6.92 Å². The first-order valence-electron chi connectivity index (χ1n) is 7.10. The number of nitro groups is 1. The SMILES string of the molecule is CC(=O)Oc1cc([N+](=O)[O-])c2cccc3c2c1-c1ccccc1-3. The van der Waals surface area contributed by atoms with Crippen LogP contribution in [-0.2, 0) is 4.79 Å². The van der Waals surface area contributed by atoms with E-state index in [4.69, 9.17) is 4.74 Å². The largest absolute Gasteiger partial charge is 0.426 e. The van der Waals surface area contributed by atoms with Gasteiger partial charge in [0.1, 0.15) is 5.75 Å². The van der Waals surface area contributed by atoms with Crippen LogP contribution >= 0.6 is 0 Å². The van der Waals surface area contributed by atoms with Gasteiger partial charge in [0.05, 0.1) is 16.4 Å². The summed E-state index contributed by atoms with van der Waals surface area (Å²) in [6, 6.07) is 14.5. The lowest BCUT2D eigenvalue weighted by Gasteiger charge is -2.10. The lowest BCUT2D eigenvalue weighted by molar-refractivity contribution is -0.383. The molecule has 112 valence electrons. The number of nitro benzene ring substituents is 1. The lowest BCUT2D eigenvalue weighted by atomic mass is 10.0. The van der Waals surface area contributed by atoms with Crippen LogP contribution in [0.4, 0.5) is 5.69 Å². The predicted molar refractivity (Wildman–Crippen MR) is 86.3 cm³/mol. The molecular weight excluding hydrogens is 294 g/mol. The highest BCUT2D eigenvalue weighted by Crippen LogP contribution is 2.53. The molecule has 4 rings (SSSR count). The Balaban J connectivity index is 2.20. The summed E-state index contributed by atoms with van der Waals surface area (Å²) in [5.41, 5.74) is 3.51. The highest BCUT2D eigenvalue weighted by molar-refractivity contribution is 6.19. The maximum Gasteiger partial charge on any atom is 0.308 e. The van der Waals surface area contributed by atoms with Gasteiger partial charge in [-0.25, -0.2) is 0 Å². The van der Waals surface area contributed by atoms with Crippen molar-refractivity contribution >= 4 is 22.4 Å². The van der Waals surface area contributed by atoms with Crippen molar-refractivity contribution in [2.75, 3.05) is 0 Å². The van der Waals surface area contributed by atoms with E-state index >= 15 is 0 Å². The summed E-state index contributed by atoms with van der Waals surface area (Å²) < 4.78 is 5.28. The minimum absolute atomic E-state index is 0.0605. The molecule has 0 N–H and O–H groups in total. The Bertz CT molecular complexity index is 1010. The molecule has 0 aromatic heterocycles. The Morgan fingerprint density at radius 2 is 1.74 bits per heavy atom. The van der Waals surface area contributed by atoms with Crippen LogP contribution in [0, 0.1) is 10.1 Å². The van der Waals surface area contributed by atoms with Crippen molar-refractivity contribution in [2.24, 2.45) is 0 Å². The number of esters is 1. The summed E-state index contributed by atoms with van der Waals surface area (Å²) in [5.74, 6) is -0.272. The molecule has 0 atom stereocenters. The molecule has 0 saturated carbocycles. The summed E-state index contributed by atoms with van der Waals surface area (Å²) in [5, 5.41) is 12.7. The number of hydrogen-bond acceptors (Lipinski definition) is 4. The zero-order chi connectivity index (χ0) is 16.1. The van der Waals surface area contributed by atoms with E-state index in [1.807, 2.05) is 36.4 Å². The molecule has 23 heavy (non-hydrogen) atoms. The topological polar surface area (TPSA) is 69.4 Å². The predicted octanol–water partition coefficient (Wildman–Crippen LogP) is 4.32. The normalized spacial score (nSPS) is 11.3. The Labute approximate surface area is 131 Å². The van der Waals surface area contributed by atoms with Gasteiger partial charge in [-0.05, 0) is 22.8 Å². The lowest BCUT2D eigenvalue weighted by Crippen LogP contribution is -2.03.